The zero-order valence-corrected chi connectivity index (χ0v) is 12.5. The maximum Gasteiger partial charge on any atom is 0.337 e. The van der Waals surface area contributed by atoms with E-state index in [2.05, 4.69) is 5.32 Å². The second kappa shape index (κ2) is 6.83. The minimum atomic E-state index is -1.18. The Morgan fingerprint density at radius 1 is 1.24 bits per heavy atom. The number of carboxylic acid groups (broad SMARTS) is 1. The number of carbonyl (C=O) groups excluding carboxylic acids is 1. The van der Waals surface area contributed by atoms with Crippen molar-refractivity contribution in [2.75, 3.05) is 12.8 Å². The molecule has 1 aromatic rings. The number of amides is 1. The summed E-state index contributed by atoms with van der Waals surface area (Å²) in [6, 6.07) is 2.58. The Labute approximate surface area is 123 Å². The largest absolute Gasteiger partial charge is 0.493 e. The normalized spacial score (nSPS) is 11.9. The zero-order valence-electron chi connectivity index (χ0n) is 12.5. The van der Waals surface area contributed by atoms with Gasteiger partial charge in [-0.1, -0.05) is 0 Å². The summed E-state index contributed by atoms with van der Waals surface area (Å²) in [5, 5.41) is 11.8. The van der Waals surface area contributed by atoms with Gasteiger partial charge in [0.2, 0.25) is 0 Å². The highest BCUT2D eigenvalue weighted by Gasteiger charge is 2.20. The lowest BCUT2D eigenvalue weighted by atomic mass is 10.1. The number of ether oxygens (including phenoxy) is 2. The van der Waals surface area contributed by atoms with E-state index in [1.807, 2.05) is 13.8 Å². The molecule has 1 atom stereocenters. The van der Waals surface area contributed by atoms with E-state index in [9.17, 15) is 9.59 Å². The molecular weight excluding hydrogens is 276 g/mol. The second-order valence-electron chi connectivity index (χ2n) is 4.82. The minimum Gasteiger partial charge on any atom is -0.493 e. The lowest BCUT2D eigenvalue weighted by molar-refractivity contribution is -0.127. The van der Waals surface area contributed by atoms with Crippen molar-refractivity contribution < 1.29 is 24.2 Å². The van der Waals surface area contributed by atoms with E-state index in [1.54, 1.807) is 6.92 Å². The van der Waals surface area contributed by atoms with Crippen LogP contribution in [0.4, 0.5) is 5.69 Å². The van der Waals surface area contributed by atoms with Crippen molar-refractivity contribution in [1.82, 2.24) is 5.32 Å². The van der Waals surface area contributed by atoms with E-state index in [0.29, 0.717) is 0 Å². The number of anilines is 1. The molecule has 0 spiro atoms. The Balaban J connectivity index is 3.03. The highest BCUT2D eigenvalue weighted by molar-refractivity contribution is 5.94. The van der Waals surface area contributed by atoms with Crippen molar-refractivity contribution in [3.63, 3.8) is 0 Å². The number of benzene rings is 1. The fourth-order valence-electron chi connectivity index (χ4n) is 1.66. The first kappa shape index (κ1) is 16.6. The van der Waals surface area contributed by atoms with Gasteiger partial charge in [0, 0.05) is 18.2 Å². The van der Waals surface area contributed by atoms with E-state index < -0.39 is 12.1 Å². The van der Waals surface area contributed by atoms with Gasteiger partial charge in [-0.25, -0.2) is 4.79 Å². The molecule has 7 heteroatoms. The van der Waals surface area contributed by atoms with Crippen LogP contribution in [0.5, 0.6) is 11.5 Å². The molecule has 4 N–H and O–H groups in total. The quantitative estimate of drug-likeness (QED) is 0.682. The standard InChI is InChI=1S/C14H20N2O5/c1-7(2)16-13(17)8(3)21-12-5-9(14(18)19)10(15)6-11(12)20-4/h5-8H,15H2,1-4H3,(H,16,17)(H,18,19). The lowest BCUT2D eigenvalue weighted by Crippen LogP contribution is -2.40. The number of hydrogen-bond donors (Lipinski definition) is 3. The molecule has 0 aliphatic rings. The molecule has 0 aromatic heterocycles. The third-order valence-corrected chi connectivity index (χ3v) is 2.67. The molecule has 0 bridgehead atoms. The average Bonchev–Trinajstić information content (AvgIpc) is 2.38. The number of carboxylic acids is 1. The smallest absolute Gasteiger partial charge is 0.337 e. The van der Waals surface area contributed by atoms with Gasteiger partial charge in [0.15, 0.2) is 17.6 Å². The number of nitrogens with one attached hydrogen (secondary N) is 1. The van der Waals surface area contributed by atoms with Gasteiger partial charge in [-0.2, -0.15) is 0 Å². The van der Waals surface area contributed by atoms with Crippen LogP contribution in [0.3, 0.4) is 0 Å². The van der Waals surface area contributed by atoms with E-state index in [0.717, 1.165) is 0 Å². The summed E-state index contributed by atoms with van der Waals surface area (Å²) in [7, 11) is 1.40. The van der Waals surface area contributed by atoms with Gasteiger partial charge in [-0.3, -0.25) is 4.79 Å². The van der Waals surface area contributed by atoms with Crippen molar-refractivity contribution in [3.05, 3.63) is 17.7 Å². The summed E-state index contributed by atoms with van der Waals surface area (Å²) in [4.78, 5) is 22.9. The van der Waals surface area contributed by atoms with E-state index in [-0.39, 0.29) is 34.7 Å². The van der Waals surface area contributed by atoms with Gasteiger partial charge < -0.3 is 25.6 Å². The van der Waals surface area contributed by atoms with Gasteiger partial charge in [0.05, 0.1) is 18.4 Å². The first-order valence-corrected chi connectivity index (χ1v) is 6.44. The maximum absolute atomic E-state index is 11.8. The molecule has 0 heterocycles. The molecule has 0 radical (unpaired) electrons. The van der Waals surface area contributed by atoms with Crippen LogP contribution in [0, 0.1) is 0 Å². The maximum atomic E-state index is 11.8. The summed E-state index contributed by atoms with van der Waals surface area (Å²) in [6.45, 7) is 5.22. The van der Waals surface area contributed by atoms with Crippen LogP contribution in [0.2, 0.25) is 0 Å². The molecular formula is C14H20N2O5. The number of aromatic carboxylic acids is 1. The van der Waals surface area contributed by atoms with Crippen LogP contribution in [0.15, 0.2) is 12.1 Å². The summed E-state index contributed by atoms with van der Waals surface area (Å²) in [5.74, 6) is -1.07. The van der Waals surface area contributed by atoms with E-state index in [4.69, 9.17) is 20.3 Å². The third kappa shape index (κ3) is 4.27. The Kier molecular flexibility index (Phi) is 5.40. The van der Waals surface area contributed by atoms with Crippen molar-refractivity contribution in [2.45, 2.75) is 32.9 Å². The first-order chi connectivity index (χ1) is 9.76. The van der Waals surface area contributed by atoms with Crippen LogP contribution >= 0.6 is 0 Å². The number of hydrogen-bond acceptors (Lipinski definition) is 5. The molecule has 21 heavy (non-hydrogen) atoms. The molecule has 0 saturated carbocycles. The molecule has 1 unspecified atom stereocenters. The van der Waals surface area contributed by atoms with Gasteiger partial charge in [-0.05, 0) is 20.8 Å². The zero-order chi connectivity index (χ0) is 16.2. The average molecular weight is 296 g/mol. The third-order valence-electron chi connectivity index (χ3n) is 2.67. The van der Waals surface area contributed by atoms with Crippen LogP contribution in [-0.2, 0) is 4.79 Å². The van der Waals surface area contributed by atoms with E-state index in [1.165, 1.54) is 19.2 Å². The fourth-order valence-corrected chi connectivity index (χ4v) is 1.66. The number of nitrogen functional groups attached to an aromatic ring is 1. The SMILES string of the molecule is COc1cc(N)c(C(=O)O)cc1OC(C)C(=O)NC(C)C. The topological polar surface area (TPSA) is 111 Å². The van der Waals surface area contributed by atoms with Crippen LogP contribution in [0.1, 0.15) is 31.1 Å². The molecule has 0 aliphatic heterocycles. The molecule has 1 rings (SSSR count). The molecule has 0 aliphatic carbocycles. The molecule has 0 fully saturated rings. The van der Waals surface area contributed by atoms with Crippen molar-refractivity contribution in [1.29, 1.82) is 0 Å². The first-order valence-electron chi connectivity index (χ1n) is 6.44. The summed E-state index contributed by atoms with van der Waals surface area (Å²) in [5.41, 5.74) is 5.58. The Morgan fingerprint density at radius 2 is 1.86 bits per heavy atom. The number of methoxy groups -OCH3 is 1. The molecule has 1 aromatic carbocycles. The van der Waals surface area contributed by atoms with Crippen molar-refractivity contribution in [3.8, 4) is 11.5 Å². The fraction of sp³-hybridized carbons (Fsp3) is 0.429. The predicted octanol–water partition coefficient (Wildman–Crippen LogP) is 1.27. The highest BCUT2D eigenvalue weighted by atomic mass is 16.5. The molecule has 1 amide bonds. The van der Waals surface area contributed by atoms with Crippen LogP contribution in [0.25, 0.3) is 0 Å². The molecule has 0 saturated heterocycles. The Hall–Kier alpha value is -2.44. The van der Waals surface area contributed by atoms with Crippen LogP contribution < -0.4 is 20.5 Å². The van der Waals surface area contributed by atoms with Gasteiger partial charge in [-0.15, -0.1) is 0 Å². The summed E-state index contributed by atoms with van der Waals surface area (Å²) in [6.07, 6.45) is -0.799. The Bertz CT molecular complexity index is 542. The van der Waals surface area contributed by atoms with Gasteiger partial charge in [0.1, 0.15) is 0 Å². The minimum absolute atomic E-state index is 0.0218. The summed E-state index contributed by atoms with van der Waals surface area (Å²) >= 11 is 0. The van der Waals surface area contributed by atoms with Crippen molar-refractivity contribution in [2.24, 2.45) is 0 Å². The van der Waals surface area contributed by atoms with Crippen LogP contribution in [-0.4, -0.2) is 36.2 Å². The highest BCUT2D eigenvalue weighted by Crippen LogP contribution is 2.33. The van der Waals surface area contributed by atoms with Gasteiger partial charge >= 0.3 is 5.97 Å². The second-order valence-corrected chi connectivity index (χ2v) is 4.82. The lowest BCUT2D eigenvalue weighted by Gasteiger charge is -2.19. The van der Waals surface area contributed by atoms with Crippen molar-refractivity contribution >= 4 is 17.6 Å². The number of carbonyl (C=O) groups is 2. The molecule has 7 nitrogen and oxygen atoms in total. The van der Waals surface area contributed by atoms with E-state index >= 15 is 0 Å². The molecule has 116 valence electrons. The van der Waals surface area contributed by atoms with Gasteiger partial charge in [0.25, 0.3) is 5.91 Å². The monoisotopic (exact) mass is 296 g/mol. The number of rotatable bonds is 6. The Morgan fingerprint density at radius 3 is 2.33 bits per heavy atom. The predicted molar refractivity (Wildman–Crippen MR) is 77.7 cm³/mol. The number of nitrogens with two attached hydrogens (primary N) is 1. The summed E-state index contributed by atoms with van der Waals surface area (Å²) < 4.78 is 10.6.